The first-order chi connectivity index (χ1) is 6.56. The van der Waals surface area contributed by atoms with Crippen LogP contribution < -0.4 is 5.32 Å². The van der Waals surface area contributed by atoms with Crippen molar-refractivity contribution >= 4 is 17.0 Å². The third kappa shape index (κ3) is 7.50. The molecule has 0 aliphatic carbocycles. The lowest BCUT2D eigenvalue weighted by Gasteiger charge is -2.03. The van der Waals surface area contributed by atoms with Gasteiger partial charge in [0.25, 0.3) is 0 Å². The quantitative estimate of drug-likeness (QED) is 0.359. The van der Waals surface area contributed by atoms with Crippen LogP contribution in [0.25, 0.3) is 0 Å². The van der Waals surface area contributed by atoms with Gasteiger partial charge in [0, 0.05) is 5.69 Å². The monoisotopic (exact) mass is 219 g/mol. The number of nitrogens with one attached hydrogen (secondary N) is 1. The van der Waals surface area contributed by atoms with Crippen molar-refractivity contribution in [3.05, 3.63) is 24.3 Å². The molecule has 1 rings (SSSR count). The summed E-state index contributed by atoms with van der Waals surface area (Å²) in [4.78, 5) is 0. The van der Waals surface area contributed by atoms with Crippen LogP contribution in [0.5, 0.6) is 5.75 Å². The second-order valence-corrected chi connectivity index (χ2v) is 2.49. The van der Waals surface area contributed by atoms with Gasteiger partial charge in [-0.3, -0.25) is 4.21 Å². The minimum Gasteiger partial charge on any atom is -0.784 e. The highest BCUT2D eigenvalue weighted by Gasteiger charge is 1.88. The number of aliphatic hydroxyl groups excluding tert-OH is 1. The van der Waals surface area contributed by atoms with Gasteiger partial charge < -0.3 is 24.6 Å². The fraction of sp³-hybridized carbons (Fsp3) is 0.143. The molecule has 0 unspecified atom stereocenters. The molecule has 1 aromatic rings. The summed E-state index contributed by atoms with van der Waals surface area (Å²) in [5.41, 5.74) is 0.792. The fourth-order valence-corrected chi connectivity index (χ4v) is 0.671. The van der Waals surface area contributed by atoms with E-state index in [1.54, 1.807) is 24.3 Å². The number of phenols is 1. The van der Waals surface area contributed by atoms with Gasteiger partial charge in [-0.15, -0.1) is 11.4 Å². The smallest absolute Gasteiger partial charge is 0.115 e. The summed E-state index contributed by atoms with van der Waals surface area (Å²) in [6.07, 6.45) is 0. The largest absolute Gasteiger partial charge is 0.784 e. The molecular weight excluding hydrogens is 210 g/mol. The molecule has 0 saturated heterocycles. The van der Waals surface area contributed by atoms with Crippen molar-refractivity contribution in [3.8, 4) is 5.75 Å². The molecule has 0 aliphatic rings. The second kappa shape index (κ2) is 7.27. The average molecular weight is 219 g/mol. The zero-order chi connectivity index (χ0) is 11.0. The highest BCUT2D eigenvalue weighted by Crippen LogP contribution is 2.12. The molecule has 0 aliphatic heterocycles. The summed E-state index contributed by atoms with van der Waals surface area (Å²) in [6.45, 7) is -0.0925. The first-order valence-corrected chi connectivity index (χ1v) is 4.46. The highest BCUT2D eigenvalue weighted by atomic mass is 32.2. The van der Waals surface area contributed by atoms with Crippen LogP contribution in [0.4, 0.5) is 5.69 Å². The number of rotatable bonds is 2. The van der Waals surface area contributed by atoms with Crippen LogP contribution >= 0.6 is 0 Å². The van der Waals surface area contributed by atoms with Gasteiger partial charge in [0.05, 0.1) is 0 Å². The SMILES string of the molecule is O=S([O-])[O-].OCNc1ccc(O)cc1. The standard InChI is InChI=1S/C7H9NO2.H2O3S/c9-5-8-6-1-3-7(10)4-2-6;1-4(2)3/h1-4,8-10H,5H2;(H2,1,2,3)/p-2. The summed E-state index contributed by atoms with van der Waals surface area (Å²) in [5, 5.41) is 19.9. The van der Waals surface area contributed by atoms with Crippen LogP contribution in [0.2, 0.25) is 0 Å². The topological polar surface area (TPSA) is 116 Å². The number of benzene rings is 1. The van der Waals surface area contributed by atoms with Crippen molar-refractivity contribution in [2.75, 3.05) is 12.0 Å². The van der Waals surface area contributed by atoms with Gasteiger partial charge in [-0.1, -0.05) is 0 Å². The van der Waals surface area contributed by atoms with Crippen LogP contribution in [0, 0.1) is 0 Å². The number of aliphatic hydroxyl groups is 1. The molecule has 3 N–H and O–H groups in total. The lowest BCUT2D eigenvalue weighted by Crippen LogP contribution is -1.98. The van der Waals surface area contributed by atoms with Crippen molar-refractivity contribution in [1.29, 1.82) is 0 Å². The molecule has 14 heavy (non-hydrogen) atoms. The lowest BCUT2D eigenvalue weighted by atomic mass is 10.3. The van der Waals surface area contributed by atoms with E-state index in [1.807, 2.05) is 0 Å². The Balaban J connectivity index is 0.000000364. The van der Waals surface area contributed by atoms with E-state index >= 15 is 0 Å². The first kappa shape index (κ1) is 12.8. The molecule has 80 valence electrons. The Hall–Kier alpha value is -1.15. The van der Waals surface area contributed by atoms with Crippen molar-refractivity contribution in [2.45, 2.75) is 0 Å². The van der Waals surface area contributed by atoms with E-state index in [2.05, 4.69) is 5.32 Å². The number of hydrogen-bond acceptors (Lipinski definition) is 6. The predicted octanol–water partition coefficient (Wildman–Crippen LogP) is -0.250. The summed E-state index contributed by atoms with van der Waals surface area (Å²) < 4.78 is 25.3. The van der Waals surface area contributed by atoms with E-state index in [0.717, 1.165) is 5.69 Å². The van der Waals surface area contributed by atoms with Gasteiger partial charge in [0.1, 0.15) is 12.5 Å². The molecule has 0 heterocycles. The Kier molecular flexibility index (Phi) is 6.68. The molecule has 0 radical (unpaired) electrons. The van der Waals surface area contributed by atoms with Gasteiger partial charge >= 0.3 is 0 Å². The molecule has 7 heteroatoms. The Labute approximate surface area is 83.3 Å². The van der Waals surface area contributed by atoms with Crippen molar-refractivity contribution in [2.24, 2.45) is 0 Å². The van der Waals surface area contributed by atoms with Crippen molar-refractivity contribution in [3.63, 3.8) is 0 Å². The summed E-state index contributed by atoms with van der Waals surface area (Å²) in [5.74, 6) is 0.225. The number of phenolic OH excluding ortho intramolecular Hbond substituents is 1. The third-order valence-corrected chi connectivity index (χ3v) is 1.15. The minimum absolute atomic E-state index is 0.0925. The van der Waals surface area contributed by atoms with Gasteiger partial charge in [-0.2, -0.15) is 0 Å². The summed E-state index contributed by atoms with van der Waals surface area (Å²) in [6, 6.07) is 6.48. The normalized spacial score (nSPS) is 9.14. The fourth-order valence-electron chi connectivity index (χ4n) is 0.671. The van der Waals surface area contributed by atoms with Gasteiger partial charge in [0.2, 0.25) is 0 Å². The lowest BCUT2D eigenvalue weighted by molar-refractivity contribution is 0.325. The zero-order valence-electron chi connectivity index (χ0n) is 7.04. The molecule has 0 saturated carbocycles. The molecule has 0 spiro atoms. The van der Waals surface area contributed by atoms with Crippen LogP contribution in [-0.4, -0.2) is 30.3 Å². The van der Waals surface area contributed by atoms with Gasteiger partial charge in [-0.25, -0.2) is 0 Å². The van der Waals surface area contributed by atoms with Crippen molar-refractivity contribution in [1.82, 2.24) is 0 Å². The molecule has 0 fully saturated rings. The van der Waals surface area contributed by atoms with Crippen LogP contribution in [0.15, 0.2) is 24.3 Å². The highest BCUT2D eigenvalue weighted by molar-refractivity contribution is 7.72. The molecule has 0 bridgehead atoms. The maximum absolute atomic E-state index is 8.83. The Morgan fingerprint density at radius 1 is 1.29 bits per heavy atom. The van der Waals surface area contributed by atoms with Crippen molar-refractivity contribution < 1.29 is 23.5 Å². The molecule has 0 amide bonds. The second-order valence-electron chi connectivity index (χ2n) is 2.09. The molecule has 6 nitrogen and oxygen atoms in total. The third-order valence-electron chi connectivity index (χ3n) is 1.15. The van der Waals surface area contributed by atoms with E-state index in [9.17, 15) is 0 Å². The van der Waals surface area contributed by atoms with E-state index in [-0.39, 0.29) is 12.5 Å². The maximum atomic E-state index is 8.83. The Bertz CT molecular complexity index is 272. The van der Waals surface area contributed by atoms with E-state index in [0.29, 0.717) is 0 Å². The van der Waals surface area contributed by atoms with Gasteiger partial charge in [0.15, 0.2) is 0 Å². The molecular formula is C7H9NO5S-2. The minimum atomic E-state index is -3.11. The first-order valence-electron chi connectivity index (χ1n) is 3.46. The maximum Gasteiger partial charge on any atom is 0.115 e. The Morgan fingerprint density at radius 2 is 1.71 bits per heavy atom. The molecule has 0 aromatic heterocycles. The van der Waals surface area contributed by atoms with Crippen LogP contribution in [-0.2, 0) is 11.4 Å². The Morgan fingerprint density at radius 3 is 2.07 bits per heavy atom. The van der Waals surface area contributed by atoms with E-state index in [4.69, 9.17) is 23.5 Å². The summed E-state index contributed by atoms with van der Waals surface area (Å²) >= 11 is -3.11. The van der Waals surface area contributed by atoms with E-state index in [1.165, 1.54) is 0 Å². The predicted molar refractivity (Wildman–Crippen MR) is 48.5 cm³/mol. The molecule has 0 atom stereocenters. The van der Waals surface area contributed by atoms with Crippen LogP contribution in [0.1, 0.15) is 0 Å². The average Bonchev–Trinajstić information content (AvgIpc) is 2.08. The van der Waals surface area contributed by atoms with Crippen LogP contribution in [0.3, 0.4) is 0 Å². The number of anilines is 1. The summed E-state index contributed by atoms with van der Waals surface area (Å²) in [7, 11) is 0. The van der Waals surface area contributed by atoms with E-state index < -0.39 is 11.4 Å². The number of hydrogen-bond donors (Lipinski definition) is 3. The molecule has 1 aromatic carbocycles. The zero-order valence-corrected chi connectivity index (χ0v) is 7.86. The van der Waals surface area contributed by atoms with Gasteiger partial charge in [-0.05, 0) is 24.3 Å². The number of aromatic hydroxyl groups is 1.